The van der Waals surface area contributed by atoms with Crippen LogP contribution in [-0.4, -0.2) is 35.9 Å². The SMILES string of the molecule is COC(=O)c1cc(N)cc(C(O)C(O)CN)c1. The van der Waals surface area contributed by atoms with Crippen molar-refractivity contribution in [1.29, 1.82) is 0 Å². The molecule has 1 aromatic rings. The summed E-state index contributed by atoms with van der Waals surface area (Å²) >= 11 is 0. The highest BCUT2D eigenvalue weighted by Gasteiger charge is 2.19. The summed E-state index contributed by atoms with van der Waals surface area (Å²) in [5, 5.41) is 19.2. The first kappa shape index (κ1) is 13.4. The molecule has 6 N–H and O–H groups in total. The Morgan fingerprint density at radius 1 is 1.41 bits per heavy atom. The maximum absolute atomic E-state index is 11.3. The smallest absolute Gasteiger partial charge is 0.337 e. The molecule has 0 fully saturated rings. The Labute approximate surface area is 98.8 Å². The van der Waals surface area contributed by atoms with E-state index in [2.05, 4.69) is 4.74 Å². The van der Waals surface area contributed by atoms with Gasteiger partial charge in [-0.15, -0.1) is 0 Å². The van der Waals surface area contributed by atoms with Gasteiger partial charge in [-0.25, -0.2) is 4.79 Å². The van der Waals surface area contributed by atoms with Crippen LogP contribution in [-0.2, 0) is 4.74 Å². The molecule has 0 radical (unpaired) electrons. The summed E-state index contributed by atoms with van der Waals surface area (Å²) in [6.45, 7) is -0.0937. The number of anilines is 1. The molecule has 6 nitrogen and oxygen atoms in total. The predicted molar refractivity (Wildman–Crippen MR) is 62.2 cm³/mol. The summed E-state index contributed by atoms with van der Waals surface area (Å²) in [6.07, 6.45) is -2.30. The van der Waals surface area contributed by atoms with Crippen molar-refractivity contribution in [3.8, 4) is 0 Å². The summed E-state index contributed by atoms with van der Waals surface area (Å²) in [6, 6.07) is 4.30. The first-order valence-electron chi connectivity index (χ1n) is 5.04. The van der Waals surface area contributed by atoms with Gasteiger partial charge in [0.1, 0.15) is 6.10 Å². The van der Waals surface area contributed by atoms with Crippen molar-refractivity contribution in [2.75, 3.05) is 19.4 Å². The number of carbonyl (C=O) groups is 1. The molecule has 94 valence electrons. The monoisotopic (exact) mass is 240 g/mol. The van der Waals surface area contributed by atoms with E-state index in [0.29, 0.717) is 11.3 Å². The van der Waals surface area contributed by atoms with Crippen molar-refractivity contribution in [1.82, 2.24) is 0 Å². The average molecular weight is 240 g/mol. The van der Waals surface area contributed by atoms with Gasteiger partial charge in [0.05, 0.1) is 18.8 Å². The lowest BCUT2D eigenvalue weighted by atomic mass is 10.0. The van der Waals surface area contributed by atoms with Crippen molar-refractivity contribution in [2.45, 2.75) is 12.2 Å². The number of ether oxygens (including phenoxy) is 1. The van der Waals surface area contributed by atoms with Crippen molar-refractivity contribution in [3.05, 3.63) is 29.3 Å². The molecule has 0 saturated carbocycles. The lowest BCUT2D eigenvalue weighted by Gasteiger charge is -2.17. The molecule has 0 bridgehead atoms. The van der Waals surface area contributed by atoms with Crippen LogP contribution in [0.5, 0.6) is 0 Å². The van der Waals surface area contributed by atoms with E-state index in [1.54, 1.807) is 0 Å². The topological polar surface area (TPSA) is 119 Å². The summed E-state index contributed by atoms with van der Waals surface area (Å²) in [5.41, 5.74) is 11.7. The number of rotatable bonds is 4. The summed E-state index contributed by atoms with van der Waals surface area (Å²) in [7, 11) is 1.25. The lowest BCUT2D eigenvalue weighted by Crippen LogP contribution is -2.27. The molecular formula is C11H16N2O4. The zero-order valence-corrected chi connectivity index (χ0v) is 9.46. The molecule has 17 heavy (non-hydrogen) atoms. The molecule has 6 heteroatoms. The molecule has 0 amide bonds. The van der Waals surface area contributed by atoms with E-state index in [-0.39, 0.29) is 12.1 Å². The van der Waals surface area contributed by atoms with Crippen LogP contribution in [0, 0.1) is 0 Å². The highest BCUT2D eigenvalue weighted by molar-refractivity contribution is 5.90. The fraction of sp³-hybridized carbons (Fsp3) is 0.364. The molecule has 2 atom stereocenters. The second kappa shape index (κ2) is 5.62. The quantitative estimate of drug-likeness (QED) is 0.412. The van der Waals surface area contributed by atoms with E-state index in [1.807, 2.05) is 0 Å². The zero-order chi connectivity index (χ0) is 13.0. The van der Waals surface area contributed by atoms with Gasteiger partial charge in [-0.1, -0.05) is 0 Å². The van der Waals surface area contributed by atoms with Crippen LogP contribution in [0.4, 0.5) is 5.69 Å². The Morgan fingerprint density at radius 2 is 2.06 bits per heavy atom. The minimum atomic E-state index is -1.19. The van der Waals surface area contributed by atoms with Crippen molar-refractivity contribution < 1.29 is 19.7 Å². The summed E-state index contributed by atoms with van der Waals surface area (Å²) < 4.78 is 4.55. The van der Waals surface area contributed by atoms with Crippen molar-refractivity contribution >= 4 is 11.7 Å². The molecular weight excluding hydrogens is 224 g/mol. The minimum Gasteiger partial charge on any atom is -0.465 e. The number of hydrogen-bond acceptors (Lipinski definition) is 6. The number of nitrogens with two attached hydrogens (primary N) is 2. The van der Waals surface area contributed by atoms with Crippen LogP contribution in [0.15, 0.2) is 18.2 Å². The fourth-order valence-electron chi connectivity index (χ4n) is 1.43. The van der Waals surface area contributed by atoms with E-state index in [1.165, 1.54) is 25.3 Å². The molecule has 1 rings (SSSR count). The molecule has 1 aromatic carbocycles. The van der Waals surface area contributed by atoms with Crippen molar-refractivity contribution in [3.63, 3.8) is 0 Å². The maximum atomic E-state index is 11.3. The number of carbonyl (C=O) groups excluding carboxylic acids is 1. The van der Waals surface area contributed by atoms with Crippen molar-refractivity contribution in [2.24, 2.45) is 5.73 Å². The highest BCUT2D eigenvalue weighted by Crippen LogP contribution is 2.21. The molecule has 2 unspecified atom stereocenters. The largest absolute Gasteiger partial charge is 0.465 e. The summed E-state index contributed by atoms with van der Waals surface area (Å²) in [5.74, 6) is -0.562. The van der Waals surface area contributed by atoms with Gasteiger partial charge >= 0.3 is 5.97 Å². The van der Waals surface area contributed by atoms with Gasteiger partial charge in [-0.3, -0.25) is 0 Å². The number of aliphatic hydroxyl groups excluding tert-OH is 2. The third-order valence-electron chi connectivity index (χ3n) is 2.35. The molecule has 0 aromatic heterocycles. The van der Waals surface area contributed by atoms with E-state index in [9.17, 15) is 15.0 Å². The third kappa shape index (κ3) is 3.16. The Morgan fingerprint density at radius 3 is 2.59 bits per heavy atom. The fourth-order valence-corrected chi connectivity index (χ4v) is 1.43. The molecule has 0 heterocycles. The molecule has 0 saturated heterocycles. The van der Waals surface area contributed by atoms with Crippen LogP contribution in [0.3, 0.4) is 0 Å². The van der Waals surface area contributed by atoms with E-state index in [0.717, 1.165) is 0 Å². The Kier molecular flexibility index (Phi) is 4.45. The normalized spacial score (nSPS) is 14.1. The number of benzene rings is 1. The van der Waals surface area contributed by atoms with Gasteiger partial charge in [-0.05, 0) is 23.8 Å². The second-order valence-corrected chi connectivity index (χ2v) is 3.63. The Bertz CT molecular complexity index is 408. The number of hydrogen-bond donors (Lipinski definition) is 4. The van der Waals surface area contributed by atoms with Gasteiger partial charge < -0.3 is 26.4 Å². The van der Waals surface area contributed by atoms with Gasteiger partial charge in [0, 0.05) is 12.2 Å². The Balaban J connectivity index is 3.09. The average Bonchev–Trinajstić information content (AvgIpc) is 2.35. The highest BCUT2D eigenvalue weighted by atomic mass is 16.5. The number of esters is 1. The van der Waals surface area contributed by atoms with Gasteiger partial charge in [0.2, 0.25) is 0 Å². The van der Waals surface area contributed by atoms with E-state index < -0.39 is 18.2 Å². The predicted octanol–water partition coefficient (Wildman–Crippen LogP) is -0.592. The number of nitrogen functional groups attached to an aromatic ring is 1. The first-order chi connectivity index (χ1) is 7.99. The van der Waals surface area contributed by atoms with Gasteiger partial charge in [0.15, 0.2) is 0 Å². The van der Waals surface area contributed by atoms with Gasteiger partial charge in [0.25, 0.3) is 0 Å². The summed E-state index contributed by atoms with van der Waals surface area (Å²) in [4.78, 5) is 11.3. The number of methoxy groups -OCH3 is 1. The number of aliphatic hydroxyl groups is 2. The third-order valence-corrected chi connectivity index (χ3v) is 2.35. The Hall–Kier alpha value is -1.63. The molecule has 0 aliphatic heterocycles. The molecule has 0 aliphatic rings. The first-order valence-corrected chi connectivity index (χ1v) is 5.04. The van der Waals surface area contributed by atoms with E-state index >= 15 is 0 Å². The van der Waals surface area contributed by atoms with Gasteiger partial charge in [-0.2, -0.15) is 0 Å². The second-order valence-electron chi connectivity index (χ2n) is 3.63. The lowest BCUT2D eigenvalue weighted by molar-refractivity contribution is 0.0242. The van der Waals surface area contributed by atoms with Crippen LogP contribution in [0.2, 0.25) is 0 Å². The molecule has 0 aliphatic carbocycles. The van der Waals surface area contributed by atoms with Crippen LogP contribution < -0.4 is 11.5 Å². The van der Waals surface area contributed by atoms with Crippen LogP contribution in [0.1, 0.15) is 22.0 Å². The van der Waals surface area contributed by atoms with Crippen LogP contribution in [0.25, 0.3) is 0 Å². The molecule has 0 spiro atoms. The van der Waals surface area contributed by atoms with Crippen LogP contribution >= 0.6 is 0 Å². The standard InChI is InChI=1S/C11H16N2O4/c1-17-11(16)7-2-6(3-8(13)4-7)10(15)9(14)5-12/h2-4,9-10,14-15H,5,12-13H2,1H3. The minimum absolute atomic E-state index is 0.0937. The maximum Gasteiger partial charge on any atom is 0.337 e. The zero-order valence-electron chi connectivity index (χ0n) is 9.46. The van der Waals surface area contributed by atoms with E-state index in [4.69, 9.17) is 11.5 Å².